The van der Waals surface area contributed by atoms with E-state index < -0.39 is 0 Å². The first-order valence-corrected chi connectivity index (χ1v) is 7.89. The van der Waals surface area contributed by atoms with Crippen molar-refractivity contribution >= 4 is 11.8 Å². The van der Waals surface area contributed by atoms with Crippen LogP contribution in [0, 0.1) is 16.7 Å². The van der Waals surface area contributed by atoms with Gasteiger partial charge in [0, 0.05) is 0 Å². The van der Waals surface area contributed by atoms with Crippen molar-refractivity contribution in [1.82, 2.24) is 0 Å². The Bertz CT molecular complexity index is 239. The number of aliphatic hydroxyl groups excluding tert-OH is 1. The van der Waals surface area contributed by atoms with Crippen molar-refractivity contribution in [2.45, 2.75) is 59.0 Å². The highest BCUT2D eigenvalue weighted by atomic mass is 32.2. The smallest absolute Gasteiger partial charge is 0.0520 e. The monoisotopic (exact) mass is 242 g/mol. The molecule has 0 heterocycles. The predicted molar refractivity (Wildman–Crippen MR) is 71.8 cm³/mol. The Balaban J connectivity index is 1.84. The average Bonchev–Trinajstić information content (AvgIpc) is 2.60. The number of hydrogen-bond donors (Lipinski definition) is 1. The molecule has 0 amide bonds. The highest BCUT2D eigenvalue weighted by Crippen LogP contribution is 2.66. The van der Waals surface area contributed by atoms with Gasteiger partial charge in [0.25, 0.3) is 0 Å². The van der Waals surface area contributed by atoms with E-state index in [0.717, 1.165) is 18.1 Å². The minimum Gasteiger partial charge on any atom is -0.393 e. The fourth-order valence-electron chi connectivity index (χ4n) is 3.82. The third-order valence-corrected chi connectivity index (χ3v) is 6.67. The van der Waals surface area contributed by atoms with Crippen molar-refractivity contribution in [1.29, 1.82) is 0 Å². The second-order valence-electron chi connectivity index (χ2n) is 6.47. The Morgan fingerprint density at radius 2 is 1.94 bits per heavy atom. The molecule has 0 aliphatic heterocycles. The Hall–Kier alpha value is 0.310. The van der Waals surface area contributed by atoms with Crippen molar-refractivity contribution in [3.8, 4) is 0 Å². The molecule has 2 aliphatic rings. The van der Waals surface area contributed by atoms with Crippen LogP contribution in [-0.4, -0.2) is 22.7 Å². The summed E-state index contributed by atoms with van der Waals surface area (Å²) in [4.78, 5) is 0. The summed E-state index contributed by atoms with van der Waals surface area (Å²) in [7, 11) is 0. The Kier molecular flexibility index (Phi) is 3.61. The summed E-state index contributed by atoms with van der Waals surface area (Å²) in [5.41, 5.74) is 1.20. The predicted octanol–water partition coefficient (Wildman–Crippen LogP) is 3.71. The van der Waals surface area contributed by atoms with Crippen LogP contribution in [0.2, 0.25) is 0 Å². The molecular weight excluding hydrogens is 216 g/mol. The lowest BCUT2D eigenvalue weighted by Crippen LogP contribution is -2.32. The summed E-state index contributed by atoms with van der Waals surface area (Å²) in [5, 5.41) is 9.26. The molecule has 0 radical (unpaired) electrons. The zero-order chi connectivity index (χ0) is 11.8. The van der Waals surface area contributed by atoms with Crippen molar-refractivity contribution in [3.63, 3.8) is 0 Å². The van der Waals surface area contributed by atoms with E-state index >= 15 is 0 Å². The van der Waals surface area contributed by atoms with Crippen molar-refractivity contribution < 1.29 is 5.11 Å². The van der Waals surface area contributed by atoms with Crippen LogP contribution in [0.25, 0.3) is 0 Å². The summed E-state index contributed by atoms with van der Waals surface area (Å²) >= 11 is 2.07. The molecular formula is C14H26OS. The Morgan fingerprint density at radius 3 is 2.38 bits per heavy atom. The molecule has 0 unspecified atom stereocenters. The Labute approximate surface area is 104 Å². The molecule has 0 aromatic heterocycles. The van der Waals surface area contributed by atoms with E-state index in [9.17, 15) is 5.11 Å². The fourth-order valence-corrected chi connectivity index (χ4v) is 5.52. The highest BCUT2D eigenvalue weighted by Gasteiger charge is 2.58. The maximum Gasteiger partial charge on any atom is 0.0520 e. The number of fused-ring (bicyclic) bond motifs is 2. The number of thioether (sulfide) groups is 1. The quantitative estimate of drug-likeness (QED) is 0.742. The van der Waals surface area contributed by atoms with Gasteiger partial charge in [-0.15, -0.1) is 0 Å². The summed E-state index contributed by atoms with van der Waals surface area (Å²) in [6.45, 7) is 6.88. The fraction of sp³-hybridized carbons (Fsp3) is 1.00. The third kappa shape index (κ3) is 2.03. The van der Waals surface area contributed by atoms with Crippen LogP contribution in [0.1, 0.15) is 52.9 Å². The molecule has 0 aromatic carbocycles. The van der Waals surface area contributed by atoms with Crippen molar-refractivity contribution in [2.75, 3.05) is 11.5 Å². The molecule has 2 rings (SSSR count). The lowest BCUT2D eigenvalue weighted by molar-refractivity contribution is 0.158. The van der Waals surface area contributed by atoms with Crippen LogP contribution in [0.5, 0.6) is 0 Å². The van der Waals surface area contributed by atoms with E-state index in [1.165, 1.54) is 31.4 Å². The van der Waals surface area contributed by atoms with E-state index in [4.69, 9.17) is 0 Å². The SMILES string of the molecule is C[C@@H](O)CCSCC12CCC(CC1)C2(C)C. The normalized spacial score (nSPS) is 37.9. The second kappa shape index (κ2) is 4.53. The summed E-state index contributed by atoms with van der Waals surface area (Å²) in [5.74, 6) is 3.44. The van der Waals surface area contributed by atoms with Crippen LogP contribution in [-0.2, 0) is 0 Å². The minimum absolute atomic E-state index is 0.127. The molecule has 94 valence electrons. The highest BCUT2D eigenvalue weighted by molar-refractivity contribution is 7.99. The molecule has 2 saturated carbocycles. The van der Waals surface area contributed by atoms with Gasteiger partial charge in [-0.05, 0) is 67.3 Å². The zero-order valence-corrected chi connectivity index (χ0v) is 11.8. The Morgan fingerprint density at radius 1 is 1.31 bits per heavy atom. The van der Waals surface area contributed by atoms with Gasteiger partial charge in [0.2, 0.25) is 0 Å². The van der Waals surface area contributed by atoms with Crippen LogP contribution in [0.3, 0.4) is 0 Å². The topological polar surface area (TPSA) is 20.2 Å². The summed E-state index contributed by atoms with van der Waals surface area (Å²) in [6, 6.07) is 0. The van der Waals surface area contributed by atoms with Gasteiger partial charge in [0.1, 0.15) is 0 Å². The molecule has 1 nitrogen and oxygen atoms in total. The van der Waals surface area contributed by atoms with Crippen LogP contribution >= 0.6 is 11.8 Å². The summed E-state index contributed by atoms with van der Waals surface area (Å²) in [6.07, 6.45) is 6.65. The lowest BCUT2D eigenvalue weighted by Gasteiger charge is -2.38. The van der Waals surface area contributed by atoms with E-state index in [2.05, 4.69) is 25.6 Å². The molecule has 1 N–H and O–H groups in total. The first kappa shape index (κ1) is 12.8. The van der Waals surface area contributed by atoms with E-state index in [1.54, 1.807) is 0 Å². The summed E-state index contributed by atoms with van der Waals surface area (Å²) < 4.78 is 0. The molecule has 2 fully saturated rings. The number of aliphatic hydroxyl groups is 1. The van der Waals surface area contributed by atoms with E-state index in [1.807, 2.05) is 6.92 Å². The van der Waals surface area contributed by atoms with E-state index in [-0.39, 0.29) is 6.10 Å². The molecule has 2 bridgehead atoms. The van der Waals surface area contributed by atoms with Gasteiger partial charge in [-0.2, -0.15) is 11.8 Å². The van der Waals surface area contributed by atoms with Gasteiger partial charge in [0.15, 0.2) is 0 Å². The molecule has 0 aromatic rings. The van der Waals surface area contributed by atoms with Gasteiger partial charge < -0.3 is 5.11 Å². The minimum atomic E-state index is -0.127. The maximum absolute atomic E-state index is 9.26. The molecule has 0 saturated heterocycles. The van der Waals surface area contributed by atoms with Gasteiger partial charge in [-0.1, -0.05) is 13.8 Å². The molecule has 0 spiro atoms. The van der Waals surface area contributed by atoms with Crippen LogP contribution in [0.4, 0.5) is 0 Å². The second-order valence-corrected chi connectivity index (χ2v) is 7.57. The molecule has 16 heavy (non-hydrogen) atoms. The van der Waals surface area contributed by atoms with Gasteiger partial charge in [-0.3, -0.25) is 0 Å². The van der Waals surface area contributed by atoms with Gasteiger partial charge in [-0.25, -0.2) is 0 Å². The standard InChI is InChI=1S/C14H26OS/c1-11(15)6-9-16-10-14-7-4-12(5-8-14)13(14,2)3/h11-12,15H,4-10H2,1-3H3/t11-,12?,14?/m1/s1. The maximum atomic E-state index is 9.26. The lowest BCUT2D eigenvalue weighted by atomic mass is 9.71. The van der Waals surface area contributed by atoms with Gasteiger partial charge in [0.05, 0.1) is 6.10 Å². The first-order chi connectivity index (χ1) is 7.48. The van der Waals surface area contributed by atoms with Crippen molar-refractivity contribution in [2.24, 2.45) is 16.7 Å². The van der Waals surface area contributed by atoms with Crippen LogP contribution < -0.4 is 0 Å². The average molecular weight is 242 g/mol. The van der Waals surface area contributed by atoms with Gasteiger partial charge >= 0.3 is 0 Å². The molecule has 2 heteroatoms. The van der Waals surface area contributed by atoms with Crippen molar-refractivity contribution in [3.05, 3.63) is 0 Å². The third-order valence-electron chi connectivity index (χ3n) is 5.39. The zero-order valence-electron chi connectivity index (χ0n) is 11.0. The molecule has 2 aliphatic carbocycles. The number of hydrogen-bond acceptors (Lipinski definition) is 2. The molecule has 1 atom stereocenters. The van der Waals surface area contributed by atoms with Crippen LogP contribution in [0.15, 0.2) is 0 Å². The van der Waals surface area contributed by atoms with E-state index in [0.29, 0.717) is 10.8 Å². The number of rotatable bonds is 5. The largest absolute Gasteiger partial charge is 0.393 e. The first-order valence-electron chi connectivity index (χ1n) is 6.74.